The molecule has 1 aliphatic rings. The van der Waals surface area contributed by atoms with E-state index in [4.69, 9.17) is 10.5 Å². The molecule has 0 spiro atoms. The normalized spacial score (nSPS) is 16.2. The van der Waals surface area contributed by atoms with E-state index in [1.165, 1.54) is 43.5 Å². The van der Waals surface area contributed by atoms with Crippen LogP contribution < -0.4 is 10.5 Å². The van der Waals surface area contributed by atoms with Gasteiger partial charge in [-0.3, -0.25) is 0 Å². The molecule has 24 heavy (non-hydrogen) atoms. The molecule has 1 saturated heterocycles. The van der Waals surface area contributed by atoms with E-state index in [1.54, 1.807) is 7.11 Å². The first-order chi connectivity index (χ1) is 11.7. The molecule has 0 radical (unpaired) electrons. The summed E-state index contributed by atoms with van der Waals surface area (Å²) in [6, 6.07) is 17.0. The number of benzene rings is 2. The summed E-state index contributed by atoms with van der Waals surface area (Å²) >= 11 is 0. The minimum Gasteiger partial charge on any atom is -0.495 e. The van der Waals surface area contributed by atoms with Crippen LogP contribution in [0.25, 0.3) is 0 Å². The van der Waals surface area contributed by atoms with E-state index in [0.717, 1.165) is 30.3 Å². The highest BCUT2D eigenvalue weighted by atomic mass is 16.5. The summed E-state index contributed by atoms with van der Waals surface area (Å²) in [7, 11) is 1.66. The van der Waals surface area contributed by atoms with Crippen molar-refractivity contribution in [3.63, 3.8) is 0 Å². The maximum atomic E-state index is 5.99. The monoisotopic (exact) mass is 324 g/mol. The molecular weight excluding hydrogens is 296 g/mol. The second-order valence-corrected chi connectivity index (χ2v) is 6.80. The van der Waals surface area contributed by atoms with Crippen LogP contribution in [0.5, 0.6) is 5.75 Å². The second-order valence-electron chi connectivity index (χ2n) is 6.80. The zero-order chi connectivity index (χ0) is 16.8. The van der Waals surface area contributed by atoms with Crippen molar-refractivity contribution in [1.82, 2.24) is 4.90 Å². The molecule has 3 heteroatoms. The maximum Gasteiger partial charge on any atom is 0.141 e. The van der Waals surface area contributed by atoms with Gasteiger partial charge in [0, 0.05) is 6.54 Å². The zero-order valence-corrected chi connectivity index (χ0v) is 14.6. The smallest absolute Gasteiger partial charge is 0.141 e. The van der Waals surface area contributed by atoms with Gasteiger partial charge in [0.15, 0.2) is 0 Å². The molecule has 3 rings (SSSR count). The Hall–Kier alpha value is -2.00. The Labute approximate surface area is 145 Å². The Balaban J connectivity index is 1.43. The highest BCUT2D eigenvalue weighted by molar-refractivity contribution is 5.54. The number of hydrogen-bond donors (Lipinski definition) is 1. The molecule has 0 amide bonds. The largest absolute Gasteiger partial charge is 0.495 e. The third kappa shape index (κ3) is 4.51. The van der Waals surface area contributed by atoms with Crippen molar-refractivity contribution in [2.75, 3.05) is 32.5 Å². The van der Waals surface area contributed by atoms with Crippen molar-refractivity contribution in [3.8, 4) is 5.75 Å². The number of ether oxygens (including phenoxy) is 1. The van der Waals surface area contributed by atoms with Crippen molar-refractivity contribution < 1.29 is 4.74 Å². The van der Waals surface area contributed by atoms with Gasteiger partial charge < -0.3 is 15.4 Å². The summed E-state index contributed by atoms with van der Waals surface area (Å²) in [5.41, 5.74) is 9.49. The molecule has 0 aromatic heterocycles. The Morgan fingerprint density at radius 2 is 1.79 bits per heavy atom. The number of nitrogens with two attached hydrogens (primary N) is 1. The Bertz CT molecular complexity index is 634. The molecule has 2 aromatic rings. The van der Waals surface area contributed by atoms with Gasteiger partial charge in [-0.15, -0.1) is 0 Å². The minimum atomic E-state index is 0.733. The number of nitrogen functional groups attached to an aromatic ring is 1. The van der Waals surface area contributed by atoms with Gasteiger partial charge in [0.1, 0.15) is 5.75 Å². The molecule has 0 aliphatic carbocycles. The molecule has 0 bridgehead atoms. The second kappa shape index (κ2) is 8.20. The lowest BCUT2D eigenvalue weighted by atomic mass is 9.90. The molecule has 3 nitrogen and oxygen atoms in total. The van der Waals surface area contributed by atoms with Crippen molar-refractivity contribution >= 4 is 5.69 Å². The van der Waals surface area contributed by atoms with Gasteiger partial charge in [-0.1, -0.05) is 36.4 Å². The van der Waals surface area contributed by atoms with Crippen LogP contribution >= 0.6 is 0 Å². The van der Waals surface area contributed by atoms with Crippen molar-refractivity contribution in [3.05, 3.63) is 59.7 Å². The molecule has 0 atom stereocenters. The summed E-state index contributed by atoms with van der Waals surface area (Å²) in [6.07, 6.45) is 4.89. The molecule has 1 aliphatic heterocycles. The average Bonchev–Trinajstić information content (AvgIpc) is 2.62. The highest BCUT2D eigenvalue weighted by Crippen LogP contribution is 2.24. The number of hydrogen-bond acceptors (Lipinski definition) is 3. The van der Waals surface area contributed by atoms with Gasteiger partial charge in [0.2, 0.25) is 0 Å². The predicted molar refractivity (Wildman–Crippen MR) is 100 cm³/mol. The minimum absolute atomic E-state index is 0.733. The van der Waals surface area contributed by atoms with Gasteiger partial charge in [-0.2, -0.15) is 0 Å². The van der Waals surface area contributed by atoms with E-state index in [9.17, 15) is 0 Å². The molecule has 0 saturated carbocycles. The fraction of sp³-hybridized carbons (Fsp3) is 0.429. The molecule has 1 fully saturated rings. The summed E-state index contributed by atoms with van der Waals surface area (Å²) in [6.45, 7) is 3.54. The van der Waals surface area contributed by atoms with Crippen LogP contribution in [0.2, 0.25) is 0 Å². The van der Waals surface area contributed by atoms with Crippen LogP contribution in [0.4, 0.5) is 5.69 Å². The lowest BCUT2D eigenvalue weighted by Gasteiger charge is -2.32. The van der Waals surface area contributed by atoms with E-state index in [0.29, 0.717) is 0 Å². The van der Waals surface area contributed by atoms with Crippen molar-refractivity contribution in [2.24, 2.45) is 5.92 Å². The Morgan fingerprint density at radius 3 is 2.46 bits per heavy atom. The summed E-state index contributed by atoms with van der Waals surface area (Å²) in [5, 5.41) is 0. The summed E-state index contributed by atoms with van der Waals surface area (Å²) in [5.74, 6) is 1.60. The standard InChI is InChI=1S/C21H28N2O/c1-24-21-8-7-18(16-20(21)22)9-12-23-13-10-19(11-14-23)15-17-5-3-2-4-6-17/h2-8,16,19H,9-15,22H2,1H3. The Kier molecular flexibility index (Phi) is 5.76. The molecule has 2 N–H and O–H groups in total. The quantitative estimate of drug-likeness (QED) is 0.822. The first-order valence-corrected chi connectivity index (χ1v) is 8.93. The van der Waals surface area contributed by atoms with Crippen LogP contribution in [0.15, 0.2) is 48.5 Å². The van der Waals surface area contributed by atoms with Crippen LogP contribution in [0.3, 0.4) is 0 Å². The van der Waals surface area contributed by atoms with Crippen LogP contribution in [0, 0.1) is 5.92 Å². The third-order valence-corrected chi connectivity index (χ3v) is 5.09. The van der Waals surface area contributed by atoms with Crippen molar-refractivity contribution in [2.45, 2.75) is 25.7 Å². The third-order valence-electron chi connectivity index (χ3n) is 5.09. The molecule has 128 valence electrons. The maximum absolute atomic E-state index is 5.99. The van der Waals surface area contributed by atoms with Gasteiger partial charge in [-0.25, -0.2) is 0 Å². The fourth-order valence-corrected chi connectivity index (χ4v) is 3.59. The number of piperidine rings is 1. The summed E-state index contributed by atoms with van der Waals surface area (Å²) in [4.78, 5) is 2.59. The topological polar surface area (TPSA) is 38.5 Å². The van der Waals surface area contributed by atoms with Crippen LogP contribution in [0.1, 0.15) is 24.0 Å². The van der Waals surface area contributed by atoms with E-state index in [1.807, 2.05) is 12.1 Å². The number of likely N-dealkylation sites (tertiary alicyclic amines) is 1. The number of methoxy groups -OCH3 is 1. The van der Waals surface area contributed by atoms with E-state index < -0.39 is 0 Å². The van der Waals surface area contributed by atoms with Crippen molar-refractivity contribution in [1.29, 1.82) is 0 Å². The van der Waals surface area contributed by atoms with E-state index in [2.05, 4.69) is 41.3 Å². The highest BCUT2D eigenvalue weighted by Gasteiger charge is 2.19. The van der Waals surface area contributed by atoms with Crippen LogP contribution in [-0.4, -0.2) is 31.6 Å². The molecule has 2 aromatic carbocycles. The van der Waals surface area contributed by atoms with Gasteiger partial charge in [-0.05, 0) is 68.0 Å². The lowest BCUT2D eigenvalue weighted by molar-refractivity contribution is 0.186. The predicted octanol–water partition coefficient (Wildman–Crippen LogP) is 3.77. The van der Waals surface area contributed by atoms with E-state index >= 15 is 0 Å². The zero-order valence-electron chi connectivity index (χ0n) is 14.6. The fourth-order valence-electron chi connectivity index (χ4n) is 3.59. The molecule has 1 heterocycles. The van der Waals surface area contributed by atoms with Gasteiger partial charge in [0.05, 0.1) is 12.8 Å². The molecule has 0 unspecified atom stereocenters. The van der Waals surface area contributed by atoms with Gasteiger partial charge in [0.25, 0.3) is 0 Å². The summed E-state index contributed by atoms with van der Waals surface area (Å²) < 4.78 is 5.22. The number of nitrogens with zero attached hydrogens (tertiary/aromatic N) is 1. The SMILES string of the molecule is COc1ccc(CCN2CCC(Cc3ccccc3)CC2)cc1N. The average molecular weight is 324 g/mol. The first-order valence-electron chi connectivity index (χ1n) is 8.93. The number of rotatable bonds is 6. The lowest BCUT2D eigenvalue weighted by Crippen LogP contribution is -2.35. The molecular formula is C21H28N2O. The van der Waals surface area contributed by atoms with Gasteiger partial charge >= 0.3 is 0 Å². The van der Waals surface area contributed by atoms with E-state index in [-0.39, 0.29) is 0 Å². The first kappa shape index (κ1) is 16.8. The van der Waals surface area contributed by atoms with Crippen LogP contribution in [-0.2, 0) is 12.8 Å². The number of anilines is 1. The Morgan fingerprint density at radius 1 is 1.04 bits per heavy atom.